The summed E-state index contributed by atoms with van der Waals surface area (Å²) in [5, 5.41) is 13.9. The van der Waals surface area contributed by atoms with Crippen molar-refractivity contribution in [1.82, 2.24) is 35.6 Å². The summed E-state index contributed by atoms with van der Waals surface area (Å²) in [5.41, 5.74) is 7.63. The number of carbonyl (C=O) groups excluding carboxylic acids is 2. The van der Waals surface area contributed by atoms with Crippen molar-refractivity contribution in [3.63, 3.8) is 0 Å². The van der Waals surface area contributed by atoms with E-state index < -0.39 is 0 Å². The molecule has 2 amide bonds. The molecule has 2 aliphatic rings. The van der Waals surface area contributed by atoms with Gasteiger partial charge in [0.25, 0.3) is 0 Å². The Labute approximate surface area is 294 Å². The smallest absolute Gasteiger partial charge is 0.220 e. The van der Waals surface area contributed by atoms with Crippen molar-refractivity contribution < 1.29 is 14.3 Å². The first kappa shape index (κ1) is 33.0. The number of methoxy groups -OCH3 is 1. The highest BCUT2D eigenvalue weighted by Gasteiger charge is 2.22. The molecule has 0 saturated carbocycles. The van der Waals surface area contributed by atoms with Crippen molar-refractivity contribution >= 4 is 40.7 Å². The molecule has 2 atom stereocenters. The standard InChI is InChI=1S/C37H37Cl2N7O3/c1-49-37-23(17-40-18-24-9-12-33(47)43-24)8-11-31(45-37)30-7-3-6-29(36(30)39)28-5-2-4-27(35(28)38)22-14-15-46-26(21-42-32(46)16-22)20-41-19-25-10-13-34(48)44-25/h2-8,11,14-16,21,24-25,40-41H,9-10,12-13,17-20H2,1H3,(H,43,47)(H,44,48)/t24-,25+/m0/s1. The molecule has 12 heteroatoms. The fraction of sp³-hybridized carbons (Fsp3) is 0.297. The van der Waals surface area contributed by atoms with Gasteiger partial charge in [-0.15, -0.1) is 0 Å². The largest absolute Gasteiger partial charge is 0.481 e. The molecule has 49 heavy (non-hydrogen) atoms. The average Bonchev–Trinajstić information content (AvgIpc) is 3.84. The van der Waals surface area contributed by atoms with E-state index in [1.165, 1.54) is 0 Å². The summed E-state index contributed by atoms with van der Waals surface area (Å²) < 4.78 is 7.71. The number of amides is 2. The lowest BCUT2D eigenvalue weighted by atomic mass is 9.97. The van der Waals surface area contributed by atoms with Crippen LogP contribution in [0.25, 0.3) is 39.2 Å². The molecular weight excluding hydrogens is 661 g/mol. The first-order chi connectivity index (χ1) is 23.9. The van der Waals surface area contributed by atoms with E-state index in [9.17, 15) is 9.59 Å². The molecule has 0 bridgehead atoms. The molecule has 0 unspecified atom stereocenters. The number of fused-ring (bicyclic) bond motifs is 1. The quantitative estimate of drug-likeness (QED) is 0.130. The Balaban J connectivity index is 1.09. The molecule has 2 saturated heterocycles. The minimum absolute atomic E-state index is 0.102. The van der Waals surface area contributed by atoms with Crippen molar-refractivity contribution in [1.29, 1.82) is 0 Å². The van der Waals surface area contributed by atoms with Crippen LogP contribution in [0.15, 0.2) is 73.1 Å². The first-order valence-corrected chi connectivity index (χ1v) is 17.2. The van der Waals surface area contributed by atoms with Gasteiger partial charge >= 0.3 is 0 Å². The average molecular weight is 699 g/mol. The van der Waals surface area contributed by atoms with Gasteiger partial charge in [-0.1, -0.05) is 65.7 Å². The number of rotatable bonds is 12. The monoisotopic (exact) mass is 697 g/mol. The predicted molar refractivity (Wildman–Crippen MR) is 192 cm³/mol. The van der Waals surface area contributed by atoms with Gasteiger partial charge in [0.15, 0.2) is 0 Å². The van der Waals surface area contributed by atoms with Crippen molar-refractivity contribution in [2.24, 2.45) is 0 Å². The Kier molecular flexibility index (Phi) is 9.81. The topological polar surface area (TPSA) is 122 Å². The van der Waals surface area contributed by atoms with Crippen LogP contribution < -0.4 is 26.0 Å². The SMILES string of the molecule is COc1nc(-c2cccc(-c3cccc(-c4ccn5c(CNC[C@H]6CCC(=O)N6)cnc5c4)c3Cl)c2Cl)ccc1CNC[C@@H]1CCC(=O)N1. The molecule has 5 heterocycles. The zero-order valence-corrected chi connectivity index (χ0v) is 28.6. The summed E-state index contributed by atoms with van der Waals surface area (Å²) in [6, 6.07) is 20.1. The number of imidazole rings is 1. The van der Waals surface area contributed by atoms with Crippen LogP contribution in [0.4, 0.5) is 0 Å². The Morgan fingerprint density at radius 3 is 2.12 bits per heavy atom. The van der Waals surface area contributed by atoms with E-state index in [0.29, 0.717) is 54.1 Å². The van der Waals surface area contributed by atoms with Crippen LogP contribution >= 0.6 is 23.2 Å². The minimum atomic E-state index is 0.102. The number of nitrogens with zero attached hydrogens (tertiary/aromatic N) is 3. The van der Waals surface area contributed by atoms with Crippen molar-refractivity contribution in [2.75, 3.05) is 20.2 Å². The zero-order valence-electron chi connectivity index (χ0n) is 27.1. The summed E-state index contributed by atoms with van der Waals surface area (Å²) >= 11 is 14.2. The second-order valence-corrected chi connectivity index (χ2v) is 13.2. The third kappa shape index (κ3) is 7.14. The maximum Gasteiger partial charge on any atom is 0.220 e. The van der Waals surface area contributed by atoms with Crippen LogP contribution in [0, 0.1) is 0 Å². The molecule has 0 spiro atoms. The second-order valence-electron chi connectivity index (χ2n) is 12.5. The molecule has 5 aromatic rings. The van der Waals surface area contributed by atoms with Crippen LogP contribution in [0.3, 0.4) is 0 Å². The Morgan fingerprint density at radius 1 is 0.837 bits per heavy atom. The lowest BCUT2D eigenvalue weighted by molar-refractivity contribution is -0.120. The molecule has 7 rings (SSSR count). The summed E-state index contributed by atoms with van der Waals surface area (Å²) in [6.45, 7) is 2.60. The molecule has 2 aliphatic heterocycles. The normalized spacial score (nSPS) is 17.4. The zero-order chi connectivity index (χ0) is 33.9. The minimum Gasteiger partial charge on any atom is -0.481 e. The number of carbonyl (C=O) groups is 2. The Morgan fingerprint density at radius 2 is 1.47 bits per heavy atom. The maximum absolute atomic E-state index is 11.5. The fourth-order valence-corrected chi connectivity index (χ4v) is 7.24. The number of nitrogens with one attached hydrogen (secondary N) is 4. The van der Waals surface area contributed by atoms with E-state index in [0.717, 1.165) is 64.1 Å². The van der Waals surface area contributed by atoms with Gasteiger partial charge in [-0.2, -0.15) is 0 Å². The molecule has 0 aliphatic carbocycles. The summed E-state index contributed by atoms with van der Waals surface area (Å²) in [6.07, 6.45) is 6.74. The lowest BCUT2D eigenvalue weighted by Gasteiger charge is -2.16. The first-order valence-electron chi connectivity index (χ1n) is 16.5. The van der Waals surface area contributed by atoms with Crippen molar-refractivity contribution in [3.05, 3.63) is 94.4 Å². The van der Waals surface area contributed by atoms with Gasteiger partial charge in [-0.3, -0.25) is 9.59 Å². The van der Waals surface area contributed by atoms with Crippen molar-refractivity contribution in [3.8, 4) is 39.4 Å². The molecule has 3 aromatic heterocycles. The molecule has 252 valence electrons. The highest BCUT2D eigenvalue weighted by atomic mass is 35.5. The number of halogens is 2. The Hall–Kier alpha value is -4.48. The summed E-state index contributed by atoms with van der Waals surface area (Å²) in [4.78, 5) is 32.5. The molecule has 0 radical (unpaired) electrons. The molecule has 2 aromatic carbocycles. The van der Waals surface area contributed by atoms with Gasteiger partial charge in [0.05, 0.1) is 34.7 Å². The number of hydrogen-bond acceptors (Lipinski definition) is 7. The van der Waals surface area contributed by atoms with E-state index in [2.05, 4.69) is 30.7 Å². The lowest BCUT2D eigenvalue weighted by Crippen LogP contribution is -2.35. The van der Waals surface area contributed by atoms with Gasteiger partial charge in [0.1, 0.15) is 5.65 Å². The van der Waals surface area contributed by atoms with E-state index in [1.807, 2.05) is 73.1 Å². The number of pyridine rings is 2. The predicted octanol–water partition coefficient (Wildman–Crippen LogP) is 5.78. The highest BCUT2D eigenvalue weighted by molar-refractivity contribution is 6.39. The summed E-state index contributed by atoms with van der Waals surface area (Å²) in [5.74, 6) is 0.732. The van der Waals surface area contributed by atoms with E-state index in [-0.39, 0.29) is 23.9 Å². The molecule has 2 fully saturated rings. The molecule has 4 N–H and O–H groups in total. The maximum atomic E-state index is 11.5. The van der Waals surface area contributed by atoms with Crippen LogP contribution in [0.1, 0.15) is 36.9 Å². The van der Waals surface area contributed by atoms with Crippen LogP contribution in [-0.4, -0.2) is 58.5 Å². The number of ether oxygens (including phenoxy) is 1. The van der Waals surface area contributed by atoms with Crippen LogP contribution in [-0.2, 0) is 22.7 Å². The summed E-state index contributed by atoms with van der Waals surface area (Å²) in [7, 11) is 1.60. The number of aromatic nitrogens is 3. The van der Waals surface area contributed by atoms with Crippen LogP contribution in [0.2, 0.25) is 10.0 Å². The van der Waals surface area contributed by atoms with Gasteiger partial charge < -0.3 is 30.4 Å². The number of benzene rings is 2. The molecular formula is C37H37Cl2N7O3. The fourth-order valence-electron chi connectivity index (χ4n) is 6.58. The van der Waals surface area contributed by atoms with Gasteiger partial charge in [0.2, 0.25) is 17.7 Å². The van der Waals surface area contributed by atoms with E-state index in [4.69, 9.17) is 32.9 Å². The second kappa shape index (κ2) is 14.6. The van der Waals surface area contributed by atoms with Crippen molar-refractivity contribution in [2.45, 2.75) is 50.9 Å². The van der Waals surface area contributed by atoms with Gasteiger partial charge in [-0.05, 0) is 36.6 Å². The third-order valence-corrected chi connectivity index (χ3v) is 9.98. The van der Waals surface area contributed by atoms with Gasteiger partial charge in [0, 0.05) is 85.1 Å². The van der Waals surface area contributed by atoms with E-state index >= 15 is 0 Å². The Bertz CT molecular complexity index is 2030. The van der Waals surface area contributed by atoms with E-state index in [1.54, 1.807) is 7.11 Å². The van der Waals surface area contributed by atoms with Gasteiger partial charge in [-0.25, -0.2) is 9.97 Å². The number of hydrogen-bond donors (Lipinski definition) is 4. The highest BCUT2D eigenvalue weighted by Crippen LogP contribution is 2.42. The third-order valence-electron chi connectivity index (χ3n) is 9.17. The molecule has 10 nitrogen and oxygen atoms in total. The van der Waals surface area contributed by atoms with Crippen LogP contribution in [0.5, 0.6) is 5.88 Å².